The van der Waals surface area contributed by atoms with Gasteiger partial charge in [0.25, 0.3) is 5.91 Å². The lowest BCUT2D eigenvalue weighted by atomic mass is 9.88. The van der Waals surface area contributed by atoms with Gasteiger partial charge in [-0.05, 0) is 55.5 Å². The molecule has 5 heteroatoms. The van der Waals surface area contributed by atoms with Crippen LogP contribution in [0.2, 0.25) is 0 Å². The second-order valence-electron chi connectivity index (χ2n) is 7.57. The molecule has 0 spiro atoms. The lowest BCUT2D eigenvalue weighted by Crippen LogP contribution is -2.47. The van der Waals surface area contributed by atoms with E-state index in [1.54, 1.807) is 12.1 Å². The summed E-state index contributed by atoms with van der Waals surface area (Å²) in [5.74, 6) is -0.261. The normalized spacial score (nSPS) is 17.0. The highest BCUT2D eigenvalue weighted by molar-refractivity contribution is 5.94. The SMILES string of the molecule is CC(NC(=O)c1ccccc1)C(C)C(=O)N1CCC(c2ccc(F)cc2)CC1. The summed E-state index contributed by atoms with van der Waals surface area (Å²) in [7, 11) is 0. The summed E-state index contributed by atoms with van der Waals surface area (Å²) in [5.41, 5.74) is 1.72. The number of amides is 2. The van der Waals surface area contributed by atoms with Crippen molar-refractivity contribution in [2.75, 3.05) is 13.1 Å². The number of carbonyl (C=O) groups excluding carboxylic acids is 2. The van der Waals surface area contributed by atoms with E-state index in [4.69, 9.17) is 0 Å². The fourth-order valence-corrected chi connectivity index (χ4v) is 3.67. The number of rotatable bonds is 5. The lowest BCUT2D eigenvalue weighted by molar-refractivity contribution is -0.136. The number of hydrogen-bond donors (Lipinski definition) is 1. The van der Waals surface area contributed by atoms with E-state index in [1.165, 1.54) is 12.1 Å². The summed E-state index contributed by atoms with van der Waals surface area (Å²) in [4.78, 5) is 27.1. The highest BCUT2D eigenvalue weighted by atomic mass is 19.1. The molecule has 4 nitrogen and oxygen atoms in total. The molecular weight excluding hydrogens is 355 g/mol. The van der Waals surface area contributed by atoms with E-state index in [1.807, 2.05) is 49.1 Å². The molecule has 2 atom stereocenters. The quantitative estimate of drug-likeness (QED) is 0.850. The summed E-state index contributed by atoms with van der Waals surface area (Å²) in [5, 5.41) is 2.93. The topological polar surface area (TPSA) is 49.4 Å². The Morgan fingerprint density at radius 3 is 2.21 bits per heavy atom. The van der Waals surface area contributed by atoms with Gasteiger partial charge in [0.15, 0.2) is 0 Å². The van der Waals surface area contributed by atoms with Crippen LogP contribution in [0.3, 0.4) is 0 Å². The van der Waals surface area contributed by atoms with Gasteiger partial charge in [-0.25, -0.2) is 4.39 Å². The first-order valence-corrected chi connectivity index (χ1v) is 9.86. The van der Waals surface area contributed by atoms with Gasteiger partial charge in [-0.1, -0.05) is 37.3 Å². The molecule has 148 valence electrons. The molecule has 1 N–H and O–H groups in total. The minimum atomic E-state index is -0.296. The minimum absolute atomic E-state index is 0.0680. The van der Waals surface area contributed by atoms with Crippen LogP contribution in [0.15, 0.2) is 54.6 Å². The van der Waals surface area contributed by atoms with Crippen LogP contribution in [0.25, 0.3) is 0 Å². The number of carbonyl (C=O) groups is 2. The lowest BCUT2D eigenvalue weighted by Gasteiger charge is -2.35. The Hall–Kier alpha value is -2.69. The monoisotopic (exact) mass is 382 g/mol. The number of nitrogens with one attached hydrogen (secondary N) is 1. The minimum Gasteiger partial charge on any atom is -0.349 e. The van der Waals surface area contributed by atoms with Crippen molar-refractivity contribution in [3.63, 3.8) is 0 Å². The molecule has 2 unspecified atom stereocenters. The predicted molar refractivity (Wildman–Crippen MR) is 107 cm³/mol. The van der Waals surface area contributed by atoms with Crippen molar-refractivity contribution >= 4 is 11.8 Å². The van der Waals surface area contributed by atoms with E-state index in [9.17, 15) is 14.0 Å². The number of hydrogen-bond acceptors (Lipinski definition) is 2. The maximum absolute atomic E-state index is 13.1. The number of likely N-dealkylation sites (tertiary alicyclic amines) is 1. The molecule has 1 heterocycles. The average molecular weight is 382 g/mol. The van der Waals surface area contributed by atoms with Crippen molar-refractivity contribution in [2.24, 2.45) is 5.92 Å². The summed E-state index contributed by atoms with van der Waals surface area (Å²) >= 11 is 0. The second kappa shape index (κ2) is 9.00. The van der Waals surface area contributed by atoms with Gasteiger partial charge in [0, 0.05) is 24.7 Å². The largest absolute Gasteiger partial charge is 0.349 e. The molecule has 0 aromatic heterocycles. The number of piperidine rings is 1. The molecule has 3 rings (SSSR count). The van der Waals surface area contributed by atoms with Gasteiger partial charge in [0.1, 0.15) is 5.82 Å². The molecular formula is C23H27FN2O2. The standard InChI is InChI=1S/C23H27FN2O2/c1-16(17(2)25-22(27)20-6-4-3-5-7-20)23(28)26-14-12-19(13-15-26)18-8-10-21(24)11-9-18/h3-11,16-17,19H,12-15H2,1-2H3,(H,25,27). The van der Waals surface area contributed by atoms with E-state index in [0.29, 0.717) is 24.6 Å². The molecule has 0 saturated carbocycles. The maximum atomic E-state index is 13.1. The van der Waals surface area contributed by atoms with Crippen molar-refractivity contribution in [1.29, 1.82) is 0 Å². The Labute approximate surface area is 165 Å². The Bertz CT molecular complexity index is 799. The van der Waals surface area contributed by atoms with Crippen molar-refractivity contribution in [3.8, 4) is 0 Å². The molecule has 1 aliphatic heterocycles. The fraction of sp³-hybridized carbons (Fsp3) is 0.391. The molecule has 1 fully saturated rings. The van der Waals surface area contributed by atoms with Gasteiger partial charge in [-0.15, -0.1) is 0 Å². The van der Waals surface area contributed by atoms with Crippen LogP contribution in [0, 0.1) is 11.7 Å². The van der Waals surface area contributed by atoms with Crippen molar-refractivity contribution < 1.29 is 14.0 Å². The molecule has 2 aromatic carbocycles. The van der Waals surface area contributed by atoms with E-state index in [-0.39, 0.29) is 29.6 Å². The van der Waals surface area contributed by atoms with Crippen LogP contribution < -0.4 is 5.32 Å². The highest BCUT2D eigenvalue weighted by Crippen LogP contribution is 2.29. The fourth-order valence-electron chi connectivity index (χ4n) is 3.67. The summed E-state index contributed by atoms with van der Waals surface area (Å²) in [6.45, 7) is 5.11. The van der Waals surface area contributed by atoms with Gasteiger partial charge < -0.3 is 10.2 Å². The van der Waals surface area contributed by atoms with Gasteiger partial charge in [-0.2, -0.15) is 0 Å². The van der Waals surface area contributed by atoms with Crippen LogP contribution >= 0.6 is 0 Å². The first-order chi connectivity index (χ1) is 13.5. The highest BCUT2D eigenvalue weighted by Gasteiger charge is 2.30. The summed E-state index contributed by atoms with van der Waals surface area (Å²) < 4.78 is 13.1. The van der Waals surface area contributed by atoms with Gasteiger partial charge in [-0.3, -0.25) is 9.59 Å². The molecule has 2 aromatic rings. The van der Waals surface area contributed by atoms with E-state index in [2.05, 4.69) is 5.32 Å². The first-order valence-electron chi connectivity index (χ1n) is 9.86. The maximum Gasteiger partial charge on any atom is 0.251 e. The zero-order chi connectivity index (χ0) is 20.1. The molecule has 0 bridgehead atoms. The van der Waals surface area contributed by atoms with Crippen LogP contribution in [-0.4, -0.2) is 35.8 Å². The Morgan fingerprint density at radius 1 is 1.00 bits per heavy atom. The van der Waals surface area contributed by atoms with Crippen molar-refractivity contribution in [3.05, 3.63) is 71.5 Å². The zero-order valence-electron chi connectivity index (χ0n) is 16.4. The Balaban J connectivity index is 1.52. The number of nitrogens with zero attached hydrogens (tertiary/aromatic N) is 1. The molecule has 0 radical (unpaired) electrons. The predicted octanol–water partition coefficient (Wildman–Crippen LogP) is 3.99. The van der Waals surface area contributed by atoms with E-state index in [0.717, 1.165) is 18.4 Å². The van der Waals surface area contributed by atoms with Crippen LogP contribution in [-0.2, 0) is 4.79 Å². The van der Waals surface area contributed by atoms with Gasteiger partial charge in [0.2, 0.25) is 5.91 Å². The van der Waals surface area contributed by atoms with Gasteiger partial charge in [0.05, 0.1) is 5.92 Å². The van der Waals surface area contributed by atoms with E-state index < -0.39 is 0 Å². The van der Waals surface area contributed by atoms with Crippen LogP contribution in [0.5, 0.6) is 0 Å². The Kier molecular flexibility index (Phi) is 6.45. The zero-order valence-corrected chi connectivity index (χ0v) is 16.4. The van der Waals surface area contributed by atoms with Crippen LogP contribution in [0.4, 0.5) is 4.39 Å². The van der Waals surface area contributed by atoms with Crippen LogP contribution in [0.1, 0.15) is 48.5 Å². The number of halogens is 1. The average Bonchev–Trinajstić information content (AvgIpc) is 2.74. The smallest absolute Gasteiger partial charge is 0.251 e. The third kappa shape index (κ3) is 4.77. The Morgan fingerprint density at radius 2 is 1.61 bits per heavy atom. The third-order valence-electron chi connectivity index (χ3n) is 5.68. The molecule has 0 aliphatic carbocycles. The molecule has 2 amide bonds. The van der Waals surface area contributed by atoms with Gasteiger partial charge >= 0.3 is 0 Å². The molecule has 28 heavy (non-hydrogen) atoms. The second-order valence-corrected chi connectivity index (χ2v) is 7.57. The summed E-state index contributed by atoms with van der Waals surface area (Å²) in [6.07, 6.45) is 1.74. The third-order valence-corrected chi connectivity index (χ3v) is 5.68. The molecule has 1 aliphatic rings. The number of benzene rings is 2. The first kappa shape index (κ1) is 20.1. The van der Waals surface area contributed by atoms with E-state index >= 15 is 0 Å². The molecule has 1 saturated heterocycles. The van der Waals surface area contributed by atoms with Crippen molar-refractivity contribution in [2.45, 2.75) is 38.6 Å². The van der Waals surface area contributed by atoms with Crippen molar-refractivity contribution in [1.82, 2.24) is 10.2 Å². The summed E-state index contributed by atoms with van der Waals surface area (Å²) in [6, 6.07) is 15.4.